The zero-order valence-electron chi connectivity index (χ0n) is 14.9. The van der Waals surface area contributed by atoms with E-state index >= 15 is 0 Å². The highest BCUT2D eigenvalue weighted by atomic mass is 16.6. The zero-order valence-corrected chi connectivity index (χ0v) is 14.9. The molecule has 0 aromatic heterocycles. The molecule has 1 saturated heterocycles. The van der Waals surface area contributed by atoms with Gasteiger partial charge in [0, 0.05) is 12.1 Å². The number of rotatable bonds is 2. The van der Waals surface area contributed by atoms with Gasteiger partial charge in [0.1, 0.15) is 11.2 Å². The van der Waals surface area contributed by atoms with E-state index in [1.54, 1.807) is 11.8 Å². The van der Waals surface area contributed by atoms with Gasteiger partial charge >= 0.3 is 12.1 Å². The van der Waals surface area contributed by atoms with Crippen molar-refractivity contribution in [3.8, 4) is 0 Å². The lowest BCUT2D eigenvalue weighted by atomic mass is 10.1. The molecule has 0 spiro atoms. The van der Waals surface area contributed by atoms with E-state index in [2.05, 4.69) is 0 Å². The minimum atomic E-state index is -0.521. The maximum absolute atomic E-state index is 12.2. The summed E-state index contributed by atoms with van der Waals surface area (Å²) in [5.41, 5.74) is -0.517. The van der Waals surface area contributed by atoms with Crippen LogP contribution in [-0.4, -0.2) is 40.8 Å². The Morgan fingerprint density at radius 2 is 1.59 bits per heavy atom. The molecule has 1 aliphatic heterocycles. The third-order valence-electron chi connectivity index (χ3n) is 3.09. The molecule has 5 heteroatoms. The molecule has 1 heterocycles. The summed E-state index contributed by atoms with van der Waals surface area (Å²) in [6, 6.07) is -0.109. The van der Waals surface area contributed by atoms with E-state index in [0.29, 0.717) is 12.1 Å². The van der Waals surface area contributed by atoms with Gasteiger partial charge in [0.25, 0.3) is 0 Å². The number of carbonyl (C=O) groups excluding carboxylic acids is 2. The van der Waals surface area contributed by atoms with E-state index < -0.39 is 11.2 Å². The maximum atomic E-state index is 12.2. The third-order valence-corrected chi connectivity index (χ3v) is 3.09. The van der Waals surface area contributed by atoms with Gasteiger partial charge in [0.05, 0.1) is 6.04 Å². The third kappa shape index (κ3) is 6.08. The highest BCUT2D eigenvalue weighted by Gasteiger charge is 2.31. The van der Waals surface area contributed by atoms with Crippen molar-refractivity contribution in [3.63, 3.8) is 0 Å². The minimum Gasteiger partial charge on any atom is -0.457 e. The van der Waals surface area contributed by atoms with E-state index in [4.69, 9.17) is 9.47 Å². The average Bonchev–Trinajstić information content (AvgIpc) is 2.72. The largest absolute Gasteiger partial charge is 0.457 e. The van der Waals surface area contributed by atoms with Crippen molar-refractivity contribution < 1.29 is 19.1 Å². The van der Waals surface area contributed by atoms with Crippen LogP contribution in [0, 0.1) is 0 Å². The first-order valence-corrected chi connectivity index (χ1v) is 7.80. The molecule has 0 bridgehead atoms. The Morgan fingerprint density at radius 1 is 1.05 bits per heavy atom. The van der Waals surface area contributed by atoms with Crippen LogP contribution in [0.5, 0.6) is 0 Å². The number of carbonyl (C=O) groups is 2. The first-order valence-electron chi connectivity index (χ1n) is 7.80. The predicted octanol–water partition coefficient (Wildman–Crippen LogP) is 3.67. The Morgan fingerprint density at radius 3 is 2.09 bits per heavy atom. The quantitative estimate of drug-likeness (QED) is 0.576. The lowest BCUT2D eigenvalue weighted by Crippen LogP contribution is -2.39. The summed E-state index contributed by atoms with van der Waals surface area (Å²) in [7, 11) is 0. The monoisotopic (exact) mass is 311 g/mol. The summed E-state index contributed by atoms with van der Waals surface area (Å²) in [4.78, 5) is 25.9. The van der Waals surface area contributed by atoms with Crippen molar-refractivity contribution >= 4 is 12.1 Å². The van der Waals surface area contributed by atoms with Crippen molar-refractivity contribution in [1.29, 1.82) is 0 Å². The molecule has 0 unspecified atom stereocenters. The van der Waals surface area contributed by atoms with Crippen LogP contribution in [0.3, 0.4) is 0 Å². The van der Waals surface area contributed by atoms with Gasteiger partial charge in [-0.15, -0.1) is 0 Å². The van der Waals surface area contributed by atoms with Crippen molar-refractivity contribution in [2.24, 2.45) is 0 Å². The molecule has 5 nitrogen and oxygen atoms in total. The molecule has 0 saturated carbocycles. The smallest absolute Gasteiger partial charge is 0.410 e. The van der Waals surface area contributed by atoms with Crippen molar-refractivity contribution in [1.82, 2.24) is 4.90 Å². The summed E-state index contributed by atoms with van der Waals surface area (Å²) in [6.07, 6.45) is 3.22. The molecule has 1 fully saturated rings. The van der Waals surface area contributed by atoms with Gasteiger partial charge in [-0.3, -0.25) is 0 Å². The van der Waals surface area contributed by atoms with Crippen LogP contribution in [-0.2, 0) is 14.3 Å². The molecule has 22 heavy (non-hydrogen) atoms. The number of likely N-dealkylation sites (tertiary alicyclic amines) is 1. The second-order valence-corrected chi connectivity index (χ2v) is 7.73. The fourth-order valence-electron chi connectivity index (χ4n) is 2.23. The Kier molecular flexibility index (Phi) is 5.65. The molecule has 0 aromatic carbocycles. The second kappa shape index (κ2) is 6.71. The molecule has 0 N–H and O–H groups in total. The molecule has 126 valence electrons. The van der Waals surface area contributed by atoms with E-state index in [9.17, 15) is 9.59 Å². The maximum Gasteiger partial charge on any atom is 0.410 e. The first-order chi connectivity index (χ1) is 9.89. The van der Waals surface area contributed by atoms with Crippen LogP contribution in [0.4, 0.5) is 4.79 Å². The SMILES string of the molecule is CC(=C[C@@H]1CCCN1C(=O)OC(C)(C)C)C(=O)OC(C)(C)C. The fraction of sp³-hybridized carbons (Fsp3) is 0.765. The molecule has 1 amide bonds. The molecule has 0 aromatic rings. The number of nitrogens with zero attached hydrogens (tertiary/aromatic N) is 1. The lowest BCUT2D eigenvalue weighted by Gasteiger charge is -2.27. The molecule has 1 rings (SSSR count). The Hall–Kier alpha value is -1.52. The molecule has 1 aliphatic rings. The number of ether oxygens (including phenoxy) is 2. The normalized spacial score (nSPS) is 20.0. The fourth-order valence-corrected chi connectivity index (χ4v) is 2.23. The molecule has 1 atom stereocenters. The molecule has 0 radical (unpaired) electrons. The molecular weight excluding hydrogens is 282 g/mol. The van der Waals surface area contributed by atoms with E-state index in [0.717, 1.165) is 12.8 Å². The van der Waals surface area contributed by atoms with Crippen LogP contribution in [0.25, 0.3) is 0 Å². The topological polar surface area (TPSA) is 55.8 Å². The number of hydrogen-bond donors (Lipinski definition) is 0. The van der Waals surface area contributed by atoms with Gasteiger partial charge in [-0.1, -0.05) is 6.08 Å². The number of esters is 1. The summed E-state index contributed by atoms with van der Waals surface area (Å²) in [5, 5.41) is 0. The lowest BCUT2D eigenvalue weighted by molar-refractivity contribution is -0.149. The number of hydrogen-bond acceptors (Lipinski definition) is 4. The average molecular weight is 311 g/mol. The van der Waals surface area contributed by atoms with Crippen molar-refractivity contribution in [2.75, 3.05) is 6.54 Å². The summed E-state index contributed by atoms with van der Waals surface area (Å²) in [6.45, 7) is 13.4. The van der Waals surface area contributed by atoms with Crippen molar-refractivity contribution in [3.05, 3.63) is 11.6 Å². The van der Waals surface area contributed by atoms with Gasteiger partial charge in [-0.05, 0) is 61.3 Å². The van der Waals surface area contributed by atoms with Gasteiger partial charge in [0.15, 0.2) is 0 Å². The van der Waals surface area contributed by atoms with Gasteiger partial charge in [-0.2, -0.15) is 0 Å². The van der Waals surface area contributed by atoms with E-state index in [1.807, 2.05) is 47.6 Å². The highest BCUT2D eigenvalue weighted by molar-refractivity contribution is 5.88. The summed E-state index contributed by atoms with van der Waals surface area (Å²) in [5.74, 6) is -0.344. The van der Waals surface area contributed by atoms with Crippen LogP contribution in [0.2, 0.25) is 0 Å². The molecular formula is C17H29NO4. The van der Waals surface area contributed by atoms with E-state index in [1.165, 1.54) is 0 Å². The van der Waals surface area contributed by atoms with Crippen LogP contribution in [0.15, 0.2) is 11.6 Å². The minimum absolute atomic E-state index is 0.109. The number of amides is 1. The van der Waals surface area contributed by atoms with Crippen LogP contribution < -0.4 is 0 Å². The van der Waals surface area contributed by atoms with Crippen LogP contribution in [0.1, 0.15) is 61.3 Å². The summed E-state index contributed by atoms with van der Waals surface area (Å²) >= 11 is 0. The molecule has 0 aliphatic carbocycles. The van der Waals surface area contributed by atoms with Gasteiger partial charge in [0.2, 0.25) is 0 Å². The Labute approximate surface area is 133 Å². The Bertz CT molecular complexity index is 454. The van der Waals surface area contributed by atoms with E-state index in [-0.39, 0.29) is 18.1 Å². The van der Waals surface area contributed by atoms with Crippen molar-refractivity contribution in [2.45, 2.75) is 78.6 Å². The summed E-state index contributed by atoms with van der Waals surface area (Å²) < 4.78 is 10.8. The predicted molar refractivity (Wildman–Crippen MR) is 85.6 cm³/mol. The van der Waals surface area contributed by atoms with Gasteiger partial charge < -0.3 is 14.4 Å². The zero-order chi connectivity index (χ0) is 17.1. The van der Waals surface area contributed by atoms with Crippen LogP contribution >= 0.6 is 0 Å². The second-order valence-electron chi connectivity index (χ2n) is 7.73. The highest BCUT2D eigenvalue weighted by Crippen LogP contribution is 2.23. The standard InChI is InChI=1S/C17H29NO4/c1-12(14(19)21-16(2,3)4)11-13-9-8-10-18(13)15(20)22-17(5,6)7/h11,13H,8-10H2,1-7H3/t13-/m0/s1. The Balaban J connectivity index is 2.76. The first kappa shape index (κ1) is 18.5. The van der Waals surface area contributed by atoms with Gasteiger partial charge in [-0.25, -0.2) is 9.59 Å².